The average molecular weight is 263 g/mol. The van der Waals surface area contributed by atoms with Crippen LogP contribution in [0.4, 0.5) is 0 Å². The highest BCUT2D eigenvalue weighted by atomic mass is 16.5. The number of rotatable bonds is 7. The summed E-state index contributed by atoms with van der Waals surface area (Å²) in [6.45, 7) is 5.80. The fourth-order valence-corrected chi connectivity index (χ4v) is 2.87. The minimum absolute atomic E-state index is 0.0247. The zero-order valence-electron chi connectivity index (χ0n) is 12.2. The Balaban J connectivity index is 2.18. The number of ether oxygens (including phenoxy) is 2. The molecule has 1 atom stereocenters. The maximum Gasteiger partial charge on any atom is 0.119 e. The molecule has 0 heterocycles. The first-order valence-electron chi connectivity index (χ1n) is 7.27. The van der Waals surface area contributed by atoms with Crippen molar-refractivity contribution in [3.05, 3.63) is 29.8 Å². The molecule has 0 spiro atoms. The smallest absolute Gasteiger partial charge is 0.119 e. The van der Waals surface area contributed by atoms with Crippen molar-refractivity contribution < 1.29 is 9.47 Å². The van der Waals surface area contributed by atoms with Gasteiger partial charge in [0.05, 0.1) is 18.2 Å². The molecule has 1 aliphatic rings. The number of benzene rings is 1. The molecule has 3 heteroatoms. The lowest BCUT2D eigenvalue weighted by Crippen LogP contribution is -2.50. The quantitative estimate of drug-likeness (QED) is 0.818. The van der Waals surface area contributed by atoms with E-state index in [1.807, 2.05) is 26.2 Å². The highest BCUT2D eigenvalue weighted by Gasteiger charge is 2.44. The Bertz CT molecular complexity index is 379. The van der Waals surface area contributed by atoms with Crippen LogP contribution in [0.2, 0.25) is 0 Å². The van der Waals surface area contributed by atoms with Crippen molar-refractivity contribution in [2.45, 2.75) is 44.8 Å². The highest BCUT2D eigenvalue weighted by Crippen LogP contribution is 2.45. The van der Waals surface area contributed by atoms with Crippen LogP contribution in [0.5, 0.6) is 5.75 Å². The molecule has 106 valence electrons. The van der Waals surface area contributed by atoms with Crippen LogP contribution in [0.25, 0.3) is 0 Å². The maximum atomic E-state index is 5.83. The monoisotopic (exact) mass is 263 g/mol. The van der Waals surface area contributed by atoms with Crippen molar-refractivity contribution in [2.24, 2.45) is 0 Å². The first-order chi connectivity index (χ1) is 9.25. The molecule has 0 bridgehead atoms. The van der Waals surface area contributed by atoms with Crippen molar-refractivity contribution in [3.63, 3.8) is 0 Å². The Labute approximate surface area is 116 Å². The maximum absolute atomic E-state index is 5.83. The zero-order chi connectivity index (χ0) is 13.7. The predicted octanol–water partition coefficient (Wildman–Crippen LogP) is 3.31. The second-order valence-corrected chi connectivity index (χ2v) is 5.12. The lowest BCUT2D eigenvalue weighted by atomic mass is 9.72. The Kier molecular flexibility index (Phi) is 4.83. The standard InChI is InChI=1S/C16H25NO2/c1-4-17-15(16(18-3)11-6-12-16)13-7-9-14(10-8-13)19-5-2/h7-10,15,17H,4-6,11-12H2,1-3H3. The Morgan fingerprint density at radius 1 is 1.21 bits per heavy atom. The van der Waals surface area contributed by atoms with Crippen molar-refractivity contribution in [2.75, 3.05) is 20.3 Å². The average Bonchev–Trinajstić information content (AvgIpc) is 2.38. The minimum Gasteiger partial charge on any atom is -0.494 e. The van der Waals surface area contributed by atoms with Crippen LogP contribution < -0.4 is 10.1 Å². The van der Waals surface area contributed by atoms with Crippen LogP contribution >= 0.6 is 0 Å². The molecule has 1 unspecified atom stereocenters. The second kappa shape index (κ2) is 6.40. The van der Waals surface area contributed by atoms with Crippen LogP contribution in [0.3, 0.4) is 0 Å². The van der Waals surface area contributed by atoms with Crippen molar-refractivity contribution >= 4 is 0 Å². The van der Waals surface area contributed by atoms with Gasteiger partial charge in [0.1, 0.15) is 5.75 Å². The molecule has 0 aliphatic heterocycles. The molecule has 3 nitrogen and oxygen atoms in total. The van der Waals surface area contributed by atoms with E-state index in [-0.39, 0.29) is 11.6 Å². The highest BCUT2D eigenvalue weighted by molar-refractivity contribution is 5.31. The second-order valence-electron chi connectivity index (χ2n) is 5.12. The third-order valence-electron chi connectivity index (χ3n) is 4.07. The van der Waals surface area contributed by atoms with Gasteiger partial charge in [-0.2, -0.15) is 0 Å². The molecular formula is C16H25NO2. The summed E-state index contributed by atoms with van der Waals surface area (Å²) >= 11 is 0. The Hall–Kier alpha value is -1.06. The van der Waals surface area contributed by atoms with Gasteiger partial charge in [0, 0.05) is 7.11 Å². The van der Waals surface area contributed by atoms with Gasteiger partial charge < -0.3 is 14.8 Å². The Morgan fingerprint density at radius 2 is 1.89 bits per heavy atom. The Morgan fingerprint density at radius 3 is 2.32 bits per heavy atom. The summed E-state index contributed by atoms with van der Waals surface area (Å²) in [5.74, 6) is 0.932. The van der Waals surface area contributed by atoms with E-state index in [0.717, 1.165) is 25.1 Å². The summed E-state index contributed by atoms with van der Waals surface area (Å²) in [4.78, 5) is 0. The predicted molar refractivity (Wildman–Crippen MR) is 77.6 cm³/mol. The van der Waals surface area contributed by atoms with Gasteiger partial charge in [-0.1, -0.05) is 19.1 Å². The molecule has 0 radical (unpaired) electrons. The number of hydrogen-bond donors (Lipinski definition) is 1. The molecule has 0 saturated heterocycles. The number of nitrogens with one attached hydrogen (secondary N) is 1. The van der Waals surface area contributed by atoms with Crippen LogP contribution in [0, 0.1) is 0 Å². The lowest BCUT2D eigenvalue weighted by molar-refractivity contribution is -0.0995. The minimum atomic E-state index is -0.0247. The van der Waals surface area contributed by atoms with Crippen molar-refractivity contribution in [1.82, 2.24) is 5.32 Å². The molecular weight excluding hydrogens is 238 g/mol. The van der Waals surface area contributed by atoms with Crippen LogP contribution in [-0.2, 0) is 4.74 Å². The van der Waals surface area contributed by atoms with Gasteiger partial charge in [-0.3, -0.25) is 0 Å². The summed E-state index contributed by atoms with van der Waals surface area (Å²) in [7, 11) is 1.83. The van der Waals surface area contributed by atoms with Gasteiger partial charge in [0.25, 0.3) is 0 Å². The summed E-state index contributed by atoms with van der Waals surface area (Å²) in [5.41, 5.74) is 1.26. The fraction of sp³-hybridized carbons (Fsp3) is 0.625. The van der Waals surface area contributed by atoms with Crippen molar-refractivity contribution in [1.29, 1.82) is 0 Å². The molecule has 0 amide bonds. The first kappa shape index (κ1) is 14.4. The van der Waals surface area contributed by atoms with Gasteiger partial charge in [0.15, 0.2) is 0 Å². The van der Waals surface area contributed by atoms with Gasteiger partial charge >= 0.3 is 0 Å². The molecule has 1 N–H and O–H groups in total. The van der Waals surface area contributed by atoms with Gasteiger partial charge in [-0.25, -0.2) is 0 Å². The van der Waals surface area contributed by atoms with E-state index in [0.29, 0.717) is 6.61 Å². The largest absolute Gasteiger partial charge is 0.494 e. The molecule has 1 aromatic rings. The SMILES string of the molecule is CCNC(c1ccc(OCC)cc1)C1(OC)CCC1. The number of methoxy groups -OCH3 is 1. The summed E-state index contributed by atoms with van der Waals surface area (Å²) in [5, 5.41) is 3.58. The van der Waals surface area contributed by atoms with E-state index < -0.39 is 0 Å². The van der Waals surface area contributed by atoms with Gasteiger partial charge in [-0.15, -0.1) is 0 Å². The lowest BCUT2D eigenvalue weighted by Gasteiger charge is -2.47. The van der Waals surface area contributed by atoms with Crippen LogP contribution in [-0.4, -0.2) is 25.9 Å². The molecule has 1 aromatic carbocycles. The van der Waals surface area contributed by atoms with Crippen LogP contribution in [0.15, 0.2) is 24.3 Å². The number of hydrogen-bond acceptors (Lipinski definition) is 3. The van der Waals surface area contributed by atoms with Gasteiger partial charge in [-0.05, 0) is 50.4 Å². The third-order valence-corrected chi connectivity index (χ3v) is 4.07. The van der Waals surface area contributed by atoms with E-state index in [9.17, 15) is 0 Å². The molecule has 2 rings (SSSR count). The van der Waals surface area contributed by atoms with Crippen molar-refractivity contribution in [3.8, 4) is 5.75 Å². The molecule has 0 aromatic heterocycles. The first-order valence-corrected chi connectivity index (χ1v) is 7.27. The molecule has 1 fully saturated rings. The normalized spacial score (nSPS) is 18.7. The van der Waals surface area contributed by atoms with Gasteiger partial charge in [0.2, 0.25) is 0 Å². The number of likely N-dealkylation sites (N-methyl/N-ethyl adjacent to an activating group) is 1. The van der Waals surface area contributed by atoms with E-state index >= 15 is 0 Å². The summed E-state index contributed by atoms with van der Waals surface area (Å²) in [6, 6.07) is 8.66. The fourth-order valence-electron chi connectivity index (χ4n) is 2.87. The zero-order valence-corrected chi connectivity index (χ0v) is 12.2. The van der Waals surface area contributed by atoms with E-state index in [1.54, 1.807) is 0 Å². The third kappa shape index (κ3) is 2.93. The van der Waals surface area contributed by atoms with E-state index in [4.69, 9.17) is 9.47 Å². The van der Waals surface area contributed by atoms with Crippen LogP contribution in [0.1, 0.15) is 44.7 Å². The molecule has 1 aliphatic carbocycles. The molecule has 19 heavy (non-hydrogen) atoms. The summed E-state index contributed by atoms with van der Waals surface area (Å²) < 4.78 is 11.3. The van der Waals surface area contributed by atoms with E-state index in [2.05, 4.69) is 24.4 Å². The molecule has 1 saturated carbocycles. The summed E-state index contributed by atoms with van der Waals surface area (Å²) in [6.07, 6.45) is 3.52. The topological polar surface area (TPSA) is 30.5 Å². The van der Waals surface area contributed by atoms with E-state index in [1.165, 1.54) is 12.0 Å².